The third kappa shape index (κ3) is 6.20. The third-order valence-corrected chi connectivity index (χ3v) is 2.61. The summed E-state index contributed by atoms with van der Waals surface area (Å²) in [6.45, 7) is 5.92. The second-order valence-electron chi connectivity index (χ2n) is 4.82. The number of nitrogens with one attached hydrogen (secondary N) is 1. The van der Waals surface area contributed by atoms with Crippen LogP contribution in [0, 0.1) is 0 Å². The van der Waals surface area contributed by atoms with Crippen molar-refractivity contribution in [1.29, 1.82) is 0 Å². The van der Waals surface area contributed by atoms with Crippen LogP contribution in [-0.2, 0) is 9.53 Å². The number of H-pyrrole nitrogens is 1. The second-order valence-corrected chi connectivity index (χ2v) is 5.74. The van der Waals surface area contributed by atoms with Crippen LogP contribution in [-0.4, -0.2) is 22.3 Å². The molecule has 0 fully saturated rings. The Balaban J connectivity index is 0.000000224. The topological polar surface area (TPSA) is 55.0 Å². The van der Waals surface area contributed by atoms with E-state index in [4.69, 9.17) is 0 Å². The molecular formula is C14H17BrN2O2. The van der Waals surface area contributed by atoms with Crippen LogP contribution >= 0.6 is 15.9 Å². The van der Waals surface area contributed by atoms with E-state index in [0.717, 1.165) is 10.0 Å². The summed E-state index contributed by atoms with van der Waals surface area (Å²) in [5.74, 6) is 0. The van der Waals surface area contributed by atoms with Crippen molar-refractivity contribution in [2.24, 2.45) is 0 Å². The molecule has 1 heterocycles. The van der Waals surface area contributed by atoms with Crippen LogP contribution in [0.15, 0.2) is 41.1 Å². The molecule has 1 aromatic heterocycles. The molecule has 2 rings (SSSR count). The van der Waals surface area contributed by atoms with E-state index in [0.29, 0.717) is 6.47 Å². The van der Waals surface area contributed by atoms with E-state index in [1.54, 1.807) is 0 Å². The van der Waals surface area contributed by atoms with Crippen molar-refractivity contribution in [3.8, 4) is 11.1 Å². The van der Waals surface area contributed by atoms with Gasteiger partial charge in [-0.1, -0.05) is 28.1 Å². The molecule has 2 aromatic rings. The first-order valence-corrected chi connectivity index (χ1v) is 6.58. The molecule has 0 aliphatic rings. The highest BCUT2D eigenvalue weighted by Crippen LogP contribution is 2.19. The van der Waals surface area contributed by atoms with Gasteiger partial charge in [-0.2, -0.15) is 5.10 Å². The molecule has 19 heavy (non-hydrogen) atoms. The van der Waals surface area contributed by atoms with Gasteiger partial charge < -0.3 is 4.74 Å². The lowest BCUT2D eigenvalue weighted by Gasteiger charge is -2.14. The van der Waals surface area contributed by atoms with Crippen molar-refractivity contribution in [1.82, 2.24) is 10.2 Å². The lowest BCUT2D eigenvalue weighted by molar-refractivity contribution is -0.138. The van der Waals surface area contributed by atoms with E-state index >= 15 is 0 Å². The zero-order valence-corrected chi connectivity index (χ0v) is 12.8. The van der Waals surface area contributed by atoms with Gasteiger partial charge in [-0.25, -0.2) is 0 Å². The predicted octanol–water partition coefficient (Wildman–Crippen LogP) is 3.80. The maximum absolute atomic E-state index is 9.60. The molecule has 0 saturated carbocycles. The van der Waals surface area contributed by atoms with Crippen molar-refractivity contribution in [3.63, 3.8) is 0 Å². The van der Waals surface area contributed by atoms with Gasteiger partial charge in [-0.3, -0.25) is 9.89 Å². The highest BCUT2D eigenvalue weighted by Gasteiger charge is 2.07. The Kier molecular flexibility index (Phi) is 5.76. The van der Waals surface area contributed by atoms with Crippen LogP contribution in [0.4, 0.5) is 0 Å². The van der Waals surface area contributed by atoms with E-state index < -0.39 is 0 Å². The van der Waals surface area contributed by atoms with Crippen molar-refractivity contribution in [3.05, 3.63) is 41.1 Å². The molecule has 0 spiro atoms. The smallest absolute Gasteiger partial charge is 0.293 e. The molecule has 0 aliphatic carbocycles. The summed E-state index contributed by atoms with van der Waals surface area (Å²) >= 11 is 3.39. The van der Waals surface area contributed by atoms with Gasteiger partial charge in [-0.15, -0.1) is 0 Å². The fourth-order valence-electron chi connectivity index (χ4n) is 1.20. The van der Waals surface area contributed by atoms with Crippen molar-refractivity contribution < 1.29 is 9.53 Å². The maximum Gasteiger partial charge on any atom is 0.293 e. The lowest BCUT2D eigenvalue weighted by Crippen LogP contribution is -2.17. The van der Waals surface area contributed by atoms with Crippen LogP contribution < -0.4 is 0 Å². The summed E-state index contributed by atoms with van der Waals surface area (Å²) in [5, 5.41) is 6.67. The zero-order chi connectivity index (χ0) is 14.3. The predicted molar refractivity (Wildman–Crippen MR) is 78.6 cm³/mol. The Morgan fingerprint density at radius 2 is 1.84 bits per heavy atom. The van der Waals surface area contributed by atoms with Gasteiger partial charge in [0.05, 0.1) is 6.20 Å². The SMILES string of the molecule is Brc1ccc(-c2cn[nH]c2)cc1.CC(C)(C)OC=O. The minimum absolute atomic E-state index is 0.318. The van der Waals surface area contributed by atoms with Gasteiger partial charge in [0, 0.05) is 16.2 Å². The number of benzene rings is 1. The van der Waals surface area contributed by atoms with Gasteiger partial charge in [0.2, 0.25) is 0 Å². The average Bonchev–Trinajstić information content (AvgIpc) is 2.83. The van der Waals surface area contributed by atoms with Gasteiger partial charge in [0.25, 0.3) is 6.47 Å². The Morgan fingerprint density at radius 3 is 2.21 bits per heavy atom. The van der Waals surface area contributed by atoms with Gasteiger partial charge in [-0.05, 0) is 38.5 Å². The molecule has 0 aliphatic heterocycles. The number of halogens is 1. The molecule has 0 saturated heterocycles. The summed E-state index contributed by atoms with van der Waals surface area (Å²) in [6, 6.07) is 8.13. The first kappa shape index (κ1) is 15.4. The molecule has 1 N–H and O–H groups in total. The summed E-state index contributed by atoms with van der Waals surface area (Å²) < 4.78 is 5.64. The Labute approximate surface area is 121 Å². The first-order chi connectivity index (χ1) is 8.92. The highest BCUT2D eigenvalue weighted by atomic mass is 79.9. The number of hydrogen-bond donors (Lipinski definition) is 1. The molecule has 0 radical (unpaired) electrons. The number of rotatable bonds is 2. The van der Waals surface area contributed by atoms with E-state index in [1.807, 2.05) is 45.3 Å². The van der Waals surface area contributed by atoms with Crippen molar-refractivity contribution >= 4 is 22.4 Å². The molecule has 0 bridgehead atoms. The number of nitrogens with zero attached hydrogens (tertiary/aromatic N) is 1. The molecule has 0 amide bonds. The molecule has 0 atom stereocenters. The minimum Gasteiger partial charge on any atom is -0.462 e. The number of carbonyl (C=O) groups excluding carboxylic acids is 1. The molecule has 0 unspecified atom stereocenters. The van der Waals surface area contributed by atoms with Gasteiger partial charge >= 0.3 is 0 Å². The van der Waals surface area contributed by atoms with Crippen LogP contribution in [0.25, 0.3) is 11.1 Å². The van der Waals surface area contributed by atoms with E-state index in [2.05, 4.69) is 43.0 Å². The number of aromatic nitrogens is 2. The normalized spacial score (nSPS) is 10.3. The van der Waals surface area contributed by atoms with Gasteiger partial charge in [0.1, 0.15) is 5.60 Å². The fourth-order valence-corrected chi connectivity index (χ4v) is 1.46. The highest BCUT2D eigenvalue weighted by molar-refractivity contribution is 9.10. The van der Waals surface area contributed by atoms with Crippen LogP contribution in [0.2, 0.25) is 0 Å². The lowest BCUT2D eigenvalue weighted by atomic mass is 10.1. The molecule has 1 aromatic carbocycles. The number of aromatic amines is 1. The summed E-state index contributed by atoms with van der Waals surface area (Å²) in [7, 11) is 0. The largest absolute Gasteiger partial charge is 0.462 e. The second kappa shape index (κ2) is 7.09. The minimum atomic E-state index is -0.318. The van der Waals surface area contributed by atoms with E-state index in [-0.39, 0.29) is 5.60 Å². The van der Waals surface area contributed by atoms with Crippen LogP contribution in [0.1, 0.15) is 20.8 Å². The monoisotopic (exact) mass is 324 g/mol. The number of hydrogen-bond acceptors (Lipinski definition) is 3. The Hall–Kier alpha value is -1.62. The summed E-state index contributed by atoms with van der Waals surface area (Å²) in [6.07, 6.45) is 3.69. The Morgan fingerprint density at radius 1 is 1.21 bits per heavy atom. The van der Waals surface area contributed by atoms with E-state index in [1.165, 1.54) is 5.56 Å². The van der Waals surface area contributed by atoms with Crippen molar-refractivity contribution in [2.75, 3.05) is 0 Å². The first-order valence-electron chi connectivity index (χ1n) is 5.78. The molecule has 102 valence electrons. The summed E-state index contributed by atoms with van der Waals surface area (Å²) in [5.41, 5.74) is 1.97. The quantitative estimate of drug-likeness (QED) is 0.855. The summed E-state index contributed by atoms with van der Waals surface area (Å²) in [4.78, 5) is 9.60. The number of carbonyl (C=O) groups is 1. The van der Waals surface area contributed by atoms with Crippen LogP contribution in [0.5, 0.6) is 0 Å². The van der Waals surface area contributed by atoms with Gasteiger partial charge in [0.15, 0.2) is 0 Å². The number of ether oxygens (including phenoxy) is 1. The Bertz CT molecular complexity index is 487. The fraction of sp³-hybridized carbons (Fsp3) is 0.286. The maximum atomic E-state index is 9.60. The standard InChI is InChI=1S/C9H7BrN2.C5H10O2/c10-9-3-1-7(2-4-9)8-5-11-12-6-8;1-5(2,3)7-4-6/h1-6H,(H,11,12);4H,1-3H3. The van der Waals surface area contributed by atoms with Crippen LogP contribution in [0.3, 0.4) is 0 Å². The van der Waals surface area contributed by atoms with E-state index in [9.17, 15) is 4.79 Å². The molecular weight excluding hydrogens is 308 g/mol. The van der Waals surface area contributed by atoms with Crippen molar-refractivity contribution in [2.45, 2.75) is 26.4 Å². The zero-order valence-electron chi connectivity index (χ0n) is 11.2. The molecule has 5 heteroatoms. The molecule has 4 nitrogen and oxygen atoms in total. The average molecular weight is 325 g/mol. The third-order valence-electron chi connectivity index (χ3n) is 2.08.